The molecule has 5 rings (SSSR count). The summed E-state index contributed by atoms with van der Waals surface area (Å²) in [7, 11) is 1.65. The highest BCUT2D eigenvalue weighted by Crippen LogP contribution is 2.50. The molecule has 0 amide bonds. The molecule has 0 atom stereocenters. The van der Waals surface area contributed by atoms with Crippen LogP contribution in [0.3, 0.4) is 0 Å². The molecule has 0 unspecified atom stereocenters. The largest absolute Gasteiger partial charge is 0.494 e. The molecular weight excluding hydrogens is 602 g/mol. The molecule has 2 aromatic heterocycles. The Bertz CT molecular complexity index is 1760. The first-order valence-electron chi connectivity index (χ1n) is 15.7. The molecule has 46 heavy (non-hydrogen) atoms. The molecule has 0 saturated heterocycles. The number of hydrogen-bond acceptors (Lipinski definition) is 5. The zero-order valence-electron chi connectivity index (χ0n) is 28.2. The predicted molar refractivity (Wildman–Crippen MR) is 188 cm³/mol. The Labute approximate surface area is 277 Å². The number of aromatic nitrogens is 2. The molecule has 0 spiro atoms. The van der Waals surface area contributed by atoms with Gasteiger partial charge in [-0.2, -0.15) is 0 Å². The van der Waals surface area contributed by atoms with Gasteiger partial charge in [0.15, 0.2) is 11.6 Å². The zero-order chi connectivity index (χ0) is 34.2. The molecule has 1 aliphatic carbocycles. The molecule has 244 valence electrons. The second kappa shape index (κ2) is 15.5. The van der Waals surface area contributed by atoms with Gasteiger partial charge in [-0.15, -0.1) is 0 Å². The minimum atomic E-state index is -0.966. The minimum absolute atomic E-state index is 0.143. The van der Waals surface area contributed by atoms with E-state index in [0.717, 1.165) is 58.6 Å². The maximum atomic E-state index is 14.4. The maximum absolute atomic E-state index is 14.4. The summed E-state index contributed by atoms with van der Waals surface area (Å²) in [6.45, 7) is 15.2. The van der Waals surface area contributed by atoms with Gasteiger partial charge in [0.2, 0.25) is 0 Å². The maximum Gasteiger partial charge on any atom is 0.160 e. The Morgan fingerprint density at radius 1 is 1.11 bits per heavy atom. The van der Waals surface area contributed by atoms with Gasteiger partial charge in [-0.3, -0.25) is 15.0 Å². The van der Waals surface area contributed by atoms with E-state index in [9.17, 15) is 8.78 Å². The molecule has 0 radical (unpaired) electrons. The Balaban J connectivity index is 0.00000109. The number of hydrogen-bond donors (Lipinski definition) is 1. The lowest BCUT2D eigenvalue weighted by Crippen LogP contribution is -2.22. The number of nitrogens with two attached hydrogens (primary N) is 1. The van der Waals surface area contributed by atoms with Crippen molar-refractivity contribution in [2.24, 2.45) is 10.7 Å². The average molecular weight is 647 g/mol. The third-order valence-corrected chi connectivity index (χ3v) is 8.83. The molecule has 2 N–H and O–H groups in total. The number of terminal acetylenes is 1. The van der Waals surface area contributed by atoms with Crippen LogP contribution in [0.5, 0.6) is 5.75 Å². The number of benzene rings is 2. The van der Waals surface area contributed by atoms with Crippen LogP contribution in [-0.2, 0) is 17.3 Å². The molecule has 0 aliphatic heterocycles. The zero-order valence-corrected chi connectivity index (χ0v) is 28.9. The smallest absolute Gasteiger partial charge is 0.160 e. The number of rotatable bonds is 9. The van der Waals surface area contributed by atoms with Gasteiger partial charge in [0.25, 0.3) is 0 Å². The number of fused-ring (bicyclic) bond motifs is 1. The van der Waals surface area contributed by atoms with Crippen LogP contribution in [0.2, 0.25) is 5.02 Å². The standard InChI is InChI=1S/C34H36ClF2N3O.C2H3N.C2H6/c1-7-23-25(33(4,5)8-2)15-30(40-32(23)24-14-27(36)28(37)16-26(24)35)34(9-10-34)19-38-18-21-12-22-11-20(3)17-39-31(22)29(13-21)41-6;1-2-3;1-2/h11-18H,7-10,19H2,1-6H3;1H,3H2;1-2H3. The molecule has 8 heteroatoms. The van der Waals surface area contributed by atoms with Crippen LogP contribution in [0.15, 0.2) is 47.6 Å². The van der Waals surface area contributed by atoms with E-state index in [0.29, 0.717) is 30.0 Å². The molecule has 4 aromatic rings. The van der Waals surface area contributed by atoms with Crippen LogP contribution in [-0.4, -0.2) is 29.8 Å². The molecule has 1 aliphatic rings. The van der Waals surface area contributed by atoms with Crippen LogP contribution in [0.25, 0.3) is 22.2 Å². The van der Waals surface area contributed by atoms with Crippen molar-refractivity contribution in [3.05, 3.63) is 87.2 Å². The Kier molecular flexibility index (Phi) is 12.3. The van der Waals surface area contributed by atoms with Crippen molar-refractivity contribution in [2.75, 3.05) is 13.7 Å². The Hall–Kier alpha value is -4.02. The highest BCUT2D eigenvalue weighted by Gasteiger charge is 2.46. The third-order valence-electron chi connectivity index (χ3n) is 8.51. The lowest BCUT2D eigenvalue weighted by atomic mass is 9.77. The van der Waals surface area contributed by atoms with Gasteiger partial charge in [0.05, 0.1) is 24.4 Å². The number of methoxy groups -OCH3 is 1. The van der Waals surface area contributed by atoms with Crippen LogP contribution < -0.4 is 10.5 Å². The number of nitrogens with zero attached hydrogens (tertiary/aromatic N) is 3. The molecular formula is C38H45ClF2N4O. The van der Waals surface area contributed by atoms with Crippen molar-refractivity contribution in [1.82, 2.24) is 9.97 Å². The monoisotopic (exact) mass is 646 g/mol. The van der Waals surface area contributed by atoms with Gasteiger partial charge in [0.1, 0.15) is 11.3 Å². The fourth-order valence-corrected chi connectivity index (χ4v) is 5.71. The van der Waals surface area contributed by atoms with Crippen molar-refractivity contribution >= 4 is 28.7 Å². The normalized spacial score (nSPS) is 13.3. The summed E-state index contributed by atoms with van der Waals surface area (Å²) in [5.41, 5.74) is 11.0. The first-order valence-corrected chi connectivity index (χ1v) is 16.1. The molecule has 2 heterocycles. The highest BCUT2D eigenvalue weighted by molar-refractivity contribution is 6.33. The second-order valence-electron chi connectivity index (χ2n) is 11.9. The lowest BCUT2D eigenvalue weighted by molar-refractivity contribution is 0.419. The summed E-state index contributed by atoms with van der Waals surface area (Å²) >= 11 is 6.49. The van der Waals surface area contributed by atoms with Crippen LogP contribution in [0.4, 0.5) is 8.78 Å². The summed E-state index contributed by atoms with van der Waals surface area (Å²) < 4.78 is 34.0. The van der Waals surface area contributed by atoms with Gasteiger partial charge < -0.3 is 10.5 Å². The van der Waals surface area contributed by atoms with E-state index >= 15 is 0 Å². The van der Waals surface area contributed by atoms with Crippen molar-refractivity contribution in [1.29, 1.82) is 0 Å². The lowest BCUT2D eigenvalue weighted by Gasteiger charge is -2.30. The van der Waals surface area contributed by atoms with E-state index in [1.807, 2.05) is 39.2 Å². The Morgan fingerprint density at radius 2 is 1.76 bits per heavy atom. The van der Waals surface area contributed by atoms with Crippen LogP contribution in [0.1, 0.15) is 88.8 Å². The molecule has 0 bridgehead atoms. The van der Waals surface area contributed by atoms with Gasteiger partial charge in [-0.05, 0) is 103 Å². The number of pyridine rings is 2. The fourth-order valence-electron chi connectivity index (χ4n) is 5.47. The van der Waals surface area contributed by atoms with Gasteiger partial charge >= 0.3 is 0 Å². The molecule has 1 saturated carbocycles. The molecule has 1 fully saturated rings. The van der Waals surface area contributed by atoms with E-state index in [-0.39, 0.29) is 15.9 Å². The number of ether oxygens (including phenoxy) is 1. The summed E-state index contributed by atoms with van der Waals surface area (Å²) in [4.78, 5) is 14.5. The highest BCUT2D eigenvalue weighted by atomic mass is 35.5. The van der Waals surface area contributed by atoms with Gasteiger partial charge in [-0.1, -0.05) is 59.6 Å². The van der Waals surface area contributed by atoms with Crippen molar-refractivity contribution < 1.29 is 13.5 Å². The fraction of sp³-hybridized carbons (Fsp3) is 0.395. The first kappa shape index (κ1) is 36.4. The van der Waals surface area contributed by atoms with Crippen LogP contribution >= 0.6 is 11.6 Å². The van der Waals surface area contributed by atoms with Crippen molar-refractivity contribution in [3.8, 4) is 29.5 Å². The van der Waals surface area contributed by atoms with E-state index < -0.39 is 11.6 Å². The predicted octanol–water partition coefficient (Wildman–Crippen LogP) is 9.51. The molecule has 2 aromatic carbocycles. The van der Waals surface area contributed by atoms with Crippen LogP contribution in [0, 0.1) is 31.0 Å². The van der Waals surface area contributed by atoms with E-state index in [1.165, 1.54) is 11.6 Å². The summed E-state index contributed by atoms with van der Waals surface area (Å²) in [6, 6.07) is 12.3. The first-order chi connectivity index (χ1) is 21.9. The SMILES string of the molecule is C#CN.CC.CCc1c(C(C)(C)CC)cc(C2(CN=Cc3cc(OC)c4ncc(C)cc4c3)CC2)nc1-c1cc(F)c(F)cc1Cl. The number of aliphatic imine (C=N–C) groups is 1. The number of aryl methyl sites for hydroxylation is 1. The van der Waals surface area contributed by atoms with Crippen molar-refractivity contribution in [2.45, 2.75) is 85.0 Å². The summed E-state index contributed by atoms with van der Waals surface area (Å²) in [5.74, 6) is -1.19. The Morgan fingerprint density at radius 3 is 2.35 bits per heavy atom. The minimum Gasteiger partial charge on any atom is -0.494 e. The number of halogens is 3. The topological polar surface area (TPSA) is 73.4 Å². The van der Waals surface area contributed by atoms with E-state index in [2.05, 4.69) is 63.0 Å². The second-order valence-corrected chi connectivity index (χ2v) is 12.4. The van der Waals surface area contributed by atoms with Crippen molar-refractivity contribution in [3.63, 3.8) is 0 Å². The molecule has 5 nitrogen and oxygen atoms in total. The van der Waals surface area contributed by atoms with Gasteiger partial charge in [0, 0.05) is 34.5 Å². The van der Waals surface area contributed by atoms with E-state index in [1.54, 1.807) is 13.2 Å². The average Bonchev–Trinajstić information content (AvgIpc) is 3.83. The quantitative estimate of drug-likeness (QED) is 0.0851. The van der Waals surface area contributed by atoms with Gasteiger partial charge in [-0.25, -0.2) is 8.78 Å². The summed E-state index contributed by atoms with van der Waals surface area (Å²) in [6.07, 6.45) is 11.6. The third kappa shape index (κ3) is 7.85. The summed E-state index contributed by atoms with van der Waals surface area (Å²) in [5, 5.41) is 1.16. The van der Waals surface area contributed by atoms with E-state index in [4.69, 9.17) is 26.3 Å².